The second-order valence-electron chi connectivity index (χ2n) is 11.9. The number of hydrogen-bond donors (Lipinski definition) is 0. The summed E-state index contributed by atoms with van der Waals surface area (Å²) in [5.74, 6) is -1.54. The van der Waals surface area contributed by atoms with Crippen LogP contribution in [0, 0.1) is 23.7 Å². The van der Waals surface area contributed by atoms with Crippen LogP contribution < -0.4 is 4.90 Å². The van der Waals surface area contributed by atoms with Crippen molar-refractivity contribution in [1.82, 2.24) is 4.98 Å². The number of anilines is 1. The van der Waals surface area contributed by atoms with Gasteiger partial charge in [0, 0.05) is 35.1 Å². The highest BCUT2D eigenvalue weighted by atomic mass is 79.9. The fourth-order valence-electron chi connectivity index (χ4n) is 7.26. The molecule has 1 aliphatic heterocycles. The molecule has 2 aliphatic carbocycles. The fraction of sp³-hybridized carbons (Fsp3) is 0.286. The Kier molecular flexibility index (Phi) is 8.57. The number of fused-ring (bicyclic) bond motifs is 6. The Morgan fingerprint density at radius 3 is 2.11 bits per heavy atom. The maximum Gasteiger partial charge on any atom is 0.339 e. The first-order valence-electron chi connectivity index (χ1n) is 14.9. The lowest BCUT2D eigenvalue weighted by Crippen LogP contribution is -2.37. The van der Waals surface area contributed by atoms with E-state index in [2.05, 4.69) is 63.7 Å². The molecule has 0 spiro atoms. The number of alkyl halides is 2. The van der Waals surface area contributed by atoms with Gasteiger partial charge in [-0.3, -0.25) is 19.3 Å². The molecule has 3 aliphatic rings. The van der Waals surface area contributed by atoms with Crippen molar-refractivity contribution < 1.29 is 23.9 Å². The number of pyridine rings is 1. The molecule has 6 atom stereocenters. The molecule has 0 N–H and O–H groups in total. The molecule has 2 saturated carbocycles. The van der Waals surface area contributed by atoms with Crippen molar-refractivity contribution in [1.29, 1.82) is 0 Å². The number of Topliss-reactive ketones (excluding diaryl/α,β-unsaturated/α-hetero) is 1. The summed E-state index contributed by atoms with van der Waals surface area (Å²) in [4.78, 5) is 60.0. The van der Waals surface area contributed by atoms with Crippen molar-refractivity contribution >= 4 is 104 Å². The number of aryl methyl sites for hydroxylation is 1. The molecule has 1 saturated heterocycles. The van der Waals surface area contributed by atoms with Crippen molar-refractivity contribution in [2.45, 2.75) is 29.4 Å². The number of hydrogen-bond acceptors (Lipinski definition) is 6. The minimum Gasteiger partial charge on any atom is -0.454 e. The van der Waals surface area contributed by atoms with Crippen LogP contribution in [-0.2, 0) is 20.7 Å². The summed E-state index contributed by atoms with van der Waals surface area (Å²) in [5.41, 5.74) is 4.07. The van der Waals surface area contributed by atoms with E-state index < -0.39 is 12.6 Å². The lowest BCUT2D eigenvalue weighted by molar-refractivity contribution is -0.123. The van der Waals surface area contributed by atoms with E-state index in [4.69, 9.17) is 9.72 Å². The zero-order valence-electron chi connectivity index (χ0n) is 24.4. The second-order valence-corrected chi connectivity index (χ2v) is 15.9. The van der Waals surface area contributed by atoms with E-state index in [-0.39, 0.29) is 56.5 Å². The number of carbonyl (C=O) groups is 4. The molecule has 1 aromatic heterocycles. The summed E-state index contributed by atoms with van der Waals surface area (Å²) >= 11 is 14.4. The predicted molar refractivity (Wildman–Crippen MR) is 190 cm³/mol. The van der Waals surface area contributed by atoms with Gasteiger partial charge in [-0.1, -0.05) is 94.9 Å². The number of amides is 2. The molecule has 2 bridgehead atoms. The van der Waals surface area contributed by atoms with Crippen LogP contribution in [0.2, 0.25) is 0 Å². The van der Waals surface area contributed by atoms with E-state index in [1.165, 1.54) is 4.90 Å². The zero-order valence-corrected chi connectivity index (χ0v) is 30.7. The Morgan fingerprint density at radius 1 is 0.870 bits per heavy atom. The van der Waals surface area contributed by atoms with Crippen molar-refractivity contribution in [2.24, 2.45) is 23.7 Å². The average molecular weight is 874 g/mol. The van der Waals surface area contributed by atoms with Crippen LogP contribution in [0.15, 0.2) is 75.7 Å². The van der Waals surface area contributed by atoms with Gasteiger partial charge >= 0.3 is 5.97 Å². The van der Waals surface area contributed by atoms with E-state index in [1.807, 2.05) is 31.2 Å². The van der Waals surface area contributed by atoms with E-state index in [9.17, 15) is 19.2 Å². The van der Waals surface area contributed by atoms with Gasteiger partial charge in [0.1, 0.15) is 0 Å². The third kappa shape index (κ3) is 5.31. The number of ketones is 1. The molecule has 11 heteroatoms. The number of aromatic nitrogens is 1. The number of nitrogens with zero attached hydrogens (tertiary/aromatic N) is 2. The number of rotatable bonds is 7. The van der Waals surface area contributed by atoms with Crippen molar-refractivity contribution in [2.75, 3.05) is 11.5 Å². The summed E-state index contributed by atoms with van der Waals surface area (Å²) in [7, 11) is 0. The molecule has 0 radical (unpaired) electrons. The topological polar surface area (TPSA) is 93.6 Å². The van der Waals surface area contributed by atoms with Gasteiger partial charge in [0.15, 0.2) is 12.4 Å². The predicted octanol–water partition coefficient (Wildman–Crippen LogP) is 8.31. The number of halogens is 4. The highest BCUT2D eigenvalue weighted by molar-refractivity contribution is 9.12. The maximum absolute atomic E-state index is 13.5. The van der Waals surface area contributed by atoms with E-state index in [0.29, 0.717) is 39.8 Å². The minimum atomic E-state index is -0.638. The second kappa shape index (κ2) is 12.4. The van der Waals surface area contributed by atoms with Gasteiger partial charge in [0.05, 0.1) is 34.3 Å². The Labute approximate surface area is 299 Å². The molecule has 4 aromatic rings. The van der Waals surface area contributed by atoms with Crippen LogP contribution in [0.4, 0.5) is 5.69 Å². The monoisotopic (exact) mass is 870 g/mol. The highest BCUT2D eigenvalue weighted by Crippen LogP contribution is 2.60. The molecule has 2 heterocycles. The Bertz CT molecular complexity index is 1900. The average Bonchev–Trinajstić information content (AvgIpc) is 3.67. The van der Waals surface area contributed by atoms with Crippen molar-refractivity contribution in [3.05, 3.63) is 92.4 Å². The normalized spacial score (nSPS) is 24.9. The summed E-state index contributed by atoms with van der Waals surface area (Å²) < 4.78 is 7.18. The van der Waals surface area contributed by atoms with Crippen LogP contribution in [0.1, 0.15) is 39.6 Å². The molecule has 6 unspecified atom stereocenters. The lowest BCUT2D eigenvalue weighted by Gasteiger charge is -2.28. The molecule has 7 rings (SSSR count). The van der Waals surface area contributed by atoms with E-state index >= 15 is 0 Å². The first-order chi connectivity index (χ1) is 22.1. The van der Waals surface area contributed by atoms with E-state index in [0.717, 1.165) is 20.9 Å². The van der Waals surface area contributed by atoms with Gasteiger partial charge in [-0.15, -0.1) is 0 Å². The van der Waals surface area contributed by atoms with Gasteiger partial charge in [0.2, 0.25) is 11.8 Å². The molecule has 46 heavy (non-hydrogen) atoms. The quantitative estimate of drug-likeness (QED) is 0.0804. The number of benzene rings is 3. The molecular formula is C35H26Br4N2O5. The highest BCUT2D eigenvalue weighted by Gasteiger charge is 2.66. The van der Waals surface area contributed by atoms with Crippen LogP contribution in [0.25, 0.3) is 22.2 Å². The van der Waals surface area contributed by atoms with Crippen LogP contribution >= 0.6 is 63.7 Å². The first-order valence-corrected chi connectivity index (χ1v) is 18.3. The Balaban J connectivity index is 1.20. The third-order valence-corrected chi connectivity index (χ3v) is 13.7. The van der Waals surface area contributed by atoms with Gasteiger partial charge in [-0.05, 0) is 72.7 Å². The standard InChI is InChI=1S/C35H26Br4N2O5/c1-2-16-11-20(37)12-22-23(35(45)46-15-27(42)18-3-7-19(36)8-4-18)14-26(40-32(16)22)17-5-9-21(10-6-17)41-33(43)28-24-13-25(29(28)34(41)44)31(39)30(24)38/h3-12,14,24-25,28-31H,2,13,15H2,1H3. The molecule has 2 amide bonds. The summed E-state index contributed by atoms with van der Waals surface area (Å²) in [5, 5.41) is 0.609. The number of esters is 1. The minimum absolute atomic E-state index is 0.135. The number of imide groups is 1. The van der Waals surface area contributed by atoms with Gasteiger partial charge in [0.25, 0.3) is 0 Å². The summed E-state index contributed by atoms with van der Waals surface area (Å²) in [6, 6.07) is 19.5. The van der Waals surface area contributed by atoms with Crippen molar-refractivity contribution in [3.63, 3.8) is 0 Å². The van der Waals surface area contributed by atoms with Gasteiger partial charge < -0.3 is 4.74 Å². The number of carbonyl (C=O) groups excluding carboxylic acids is 4. The molecule has 234 valence electrons. The Morgan fingerprint density at radius 2 is 1.50 bits per heavy atom. The summed E-state index contributed by atoms with van der Waals surface area (Å²) in [6.45, 7) is 1.61. The fourth-order valence-corrected chi connectivity index (χ4v) is 9.90. The molecular weight excluding hydrogens is 848 g/mol. The molecule has 3 fully saturated rings. The largest absolute Gasteiger partial charge is 0.454 e. The molecule has 7 nitrogen and oxygen atoms in total. The third-order valence-electron chi connectivity index (χ3n) is 9.47. The van der Waals surface area contributed by atoms with Crippen molar-refractivity contribution in [3.8, 4) is 11.3 Å². The lowest BCUT2D eigenvalue weighted by atomic mass is 9.81. The first kappa shape index (κ1) is 31.8. The zero-order chi connectivity index (χ0) is 32.4. The SMILES string of the molecule is CCc1cc(Br)cc2c(C(=O)OCC(=O)c3ccc(Br)cc3)cc(-c3ccc(N4C(=O)C5C6CC(C(Br)C6Br)C5C4=O)cc3)nc12. The van der Waals surface area contributed by atoms with Crippen LogP contribution in [0.5, 0.6) is 0 Å². The maximum atomic E-state index is 13.5. The Hall–Kier alpha value is -2.73. The number of ether oxygens (including phenoxy) is 1. The summed E-state index contributed by atoms with van der Waals surface area (Å²) in [6.07, 6.45) is 1.55. The van der Waals surface area contributed by atoms with E-state index in [1.54, 1.807) is 42.5 Å². The smallest absolute Gasteiger partial charge is 0.339 e. The van der Waals surface area contributed by atoms with Crippen LogP contribution in [-0.4, -0.2) is 44.8 Å². The van der Waals surface area contributed by atoms with Gasteiger partial charge in [-0.2, -0.15) is 0 Å². The van der Waals surface area contributed by atoms with Gasteiger partial charge in [-0.25, -0.2) is 9.78 Å². The van der Waals surface area contributed by atoms with Crippen LogP contribution in [0.3, 0.4) is 0 Å². The molecule has 3 aromatic carbocycles.